The molecule has 0 atom stereocenters. The van der Waals surface area contributed by atoms with Crippen LogP contribution in [0.5, 0.6) is 0 Å². The number of halogens is 3. The highest BCUT2D eigenvalue weighted by Crippen LogP contribution is 2.34. The van der Waals surface area contributed by atoms with Crippen molar-refractivity contribution in [2.75, 3.05) is 0 Å². The summed E-state index contributed by atoms with van der Waals surface area (Å²) in [5.74, 6) is 0. The number of alkyl halides is 3. The van der Waals surface area contributed by atoms with Crippen molar-refractivity contribution in [3.63, 3.8) is 0 Å². The maximum absolute atomic E-state index is 12.4. The minimum Gasteiger partial charge on any atom is -0.197 e. The average molecular weight is 258 g/mol. The van der Waals surface area contributed by atoms with Gasteiger partial charge in [0.15, 0.2) is 0 Å². The second-order valence-electron chi connectivity index (χ2n) is 2.52. The second kappa shape index (κ2) is 4.03. The van der Waals surface area contributed by atoms with Gasteiger partial charge in [-0.05, 0) is 25.0 Å². The Labute approximate surface area is 89.6 Å². The molecule has 0 spiro atoms. The topological polar surface area (TPSA) is 43.4 Å². The lowest BCUT2D eigenvalue weighted by atomic mass is 10.2. The fraction of sp³-hybridized carbons (Fsp3) is 0.143. The Bertz CT molecular complexity index is 453. The highest BCUT2D eigenvalue weighted by atomic mass is 32.3. The molecule has 1 aromatic carbocycles. The first kappa shape index (κ1) is 12.3. The molecule has 1 aromatic rings. The summed E-state index contributed by atoms with van der Waals surface area (Å²) in [6.07, 6.45) is -4.75. The van der Waals surface area contributed by atoms with Gasteiger partial charge >= 0.3 is 16.3 Å². The van der Waals surface area contributed by atoms with Crippen molar-refractivity contribution in [2.45, 2.75) is 11.1 Å². The van der Waals surface area contributed by atoms with E-state index in [4.69, 9.17) is 0 Å². The Balaban J connectivity index is 3.45. The van der Waals surface area contributed by atoms with Crippen LogP contribution in [0.15, 0.2) is 29.2 Å². The number of hydrogen-bond donors (Lipinski definition) is 1. The maximum atomic E-state index is 12.4. The van der Waals surface area contributed by atoms with Crippen LogP contribution < -0.4 is 0 Å². The normalized spacial score (nSPS) is 12.8. The fourth-order valence-corrected chi connectivity index (χ4v) is 1.98. The maximum Gasteiger partial charge on any atom is 0.417 e. The second-order valence-corrected chi connectivity index (χ2v) is 4.47. The van der Waals surface area contributed by atoms with E-state index in [1.165, 1.54) is 0 Å². The molecule has 0 saturated heterocycles. The smallest absolute Gasteiger partial charge is 0.197 e. The van der Waals surface area contributed by atoms with Crippen LogP contribution in [-0.2, 0) is 19.9 Å². The molecule has 0 unspecified atom stereocenters. The van der Waals surface area contributed by atoms with Gasteiger partial charge < -0.3 is 0 Å². The van der Waals surface area contributed by atoms with Gasteiger partial charge in [0.05, 0.1) is 5.56 Å². The van der Waals surface area contributed by atoms with Gasteiger partial charge in [-0.25, -0.2) is 0 Å². The molecule has 1 rings (SSSR count). The molecule has 84 valence electrons. The van der Waals surface area contributed by atoms with Crippen LogP contribution in [0.2, 0.25) is 0 Å². The highest BCUT2D eigenvalue weighted by Gasteiger charge is 2.37. The number of thiol groups is 1. The number of hydrogen-bond acceptors (Lipinski definition) is 4. The SMILES string of the molecule is O=S(=O)(OS)c1ccccc1C(F)(F)F. The Morgan fingerprint density at radius 2 is 1.73 bits per heavy atom. The van der Waals surface area contributed by atoms with E-state index in [1.807, 2.05) is 0 Å². The largest absolute Gasteiger partial charge is 0.417 e. The lowest BCUT2D eigenvalue weighted by Gasteiger charge is -2.10. The lowest BCUT2D eigenvalue weighted by molar-refractivity contribution is -0.139. The van der Waals surface area contributed by atoms with Crippen molar-refractivity contribution in [3.05, 3.63) is 29.8 Å². The van der Waals surface area contributed by atoms with Crippen molar-refractivity contribution in [1.29, 1.82) is 0 Å². The Morgan fingerprint density at radius 3 is 2.20 bits per heavy atom. The molecule has 0 radical (unpaired) electrons. The minimum absolute atomic E-state index is 0.652. The molecule has 0 amide bonds. The zero-order valence-electron chi connectivity index (χ0n) is 7.02. The lowest BCUT2D eigenvalue weighted by Crippen LogP contribution is -2.12. The monoisotopic (exact) mass is 258 g/mol. The van der Waals surface area contributed by atoms with Crippen molar-refractivity contribution < 1.29 is 25.2 Å². The molecule has 0 aromatic heterocycles. The first-order valence-electron chi connectivity index (χ1n) is 3.53. The summed E-state index contributed by atoms with van der Waals surface area (Å²) in [4.78, 5) is -0.951. The van der Waals surface area contributed by atoms with Crippen LogP contribution in [-0.4, -0.2) is 8.42 Å². The van der Waals surface area contributed by atoms with Crippen LogP contribution in [0.1, 0.15) is 5.56 Å². The van der Waals surface area contributed by atoms with Gasteiger partial charge in [0.1, 0.15) is 4.90 Å². The van der Waals surface area contributed by atoms with Crippen molar-refractivity contribution in [1.82, 2.24) is 0 Å². The summed E-state index contributed by atoms with van der Waals surface area (Å²) in [6.45, 7) is 0. The van der Waals surface area contributed by atoms with Crippen molar-refractivity contribution >= 4 is 23.0 Å². The zero-order chi connectivity index (χ0) is 11.7. The molecule has 0 aliphatic rings. The van der Waals surface area contributed by atoms with E-state index in [0.717, 1.165) is 18.2 Å². The molecule has 0 aliphatic carbocycles. The first-order chi connectivity index (χ1) is 6.79. The van der Waals surface area contributed by atoms with E-state index in [0.29, 0.717) is 6.07 Å². The summed E-state index contributed by atoms with van der Waals surface area (Å²) >= 11 is 3.00. The van der Waals surface area contributed by atoms with Crippen LogP contribution in [0.3, 0.4) is 0 Å². The summed E-state index contributed by atoms with van der Waals surface area (Å²) in [5.41, 5.74) is -1.28. The van der Waals surface area contributed by atoms with E-state index >= 15 is 0 Å². The molecule has 3 nitrogen and oxygen atoms in total. The molecule has 0 N–H and O–H groups in total. The number of benzene rings is 1. The predicted molar refractivity (Wildman–Crippen MR) is 48.7 cm³/mol. The third kappa shape index (κ3) is 2.64. The summed E-state index contributed by atoms with van der Waals surface area (Å²) in [7, 11) is -4.47. The van der Waals surface area contributed by atoms with Crippen molar-refractivity contribution in [2.24, 2.45) is 0 Å². The van der Waals surface area contributed by atoms with Gasteiger partial charge in [0.25, 0.3) is 0 Å². The van der Waals surface area contributed by atoms with Gasteiger partial charge in [0, 0.05) is 0 Å². The Morgan fingerprint density at radius 1 is 1.20 bits per heavy atom. The van der Waals surface area contributed by atoms with E-state index in [-0.39, 0.29) is 0 Å². The number of rotatable bonds is 2. The highest BCUT2D eigenvalue weighted by molar-refractivity contribution is 7.95. The van der Waals surface area contributed by atoms with E-state index in [2.05, 4.69) is 16.5 Å². The van der Waals surface area contributed by atoms with Crippen LogP contribution >= 0.6 is 12.9 Å². The molecule has 0 bridgehead atoms. The van der Waals surface area contributed by atoms with E-state index < -0.39 is 26.8 Å². The molecular weight excluding hydrogens is 253 g/mol. The summed E-state index contributed by atoms with van der Waals surface area (Å²) in [5, 5.41) is 0. The predicted octanol–water partition coefficient (Wildman–Crippen LogP) is 2.26. The van der Waals surface area contributed by atoms with Gasteiger partial charge in [-0.2, -0.15) is 25.2 Å². The third-order valence-electron chi connectivity index (χ3n) is 1.56. The summed E-state index contributed by atoms with van der Waals surface area (Å²) in [6, 6.07) is 3.70. The Kier molecular flexibility index (Phi) is 3.31. The molecule has 0 fully saturated rings. The van der Waals surface area contributed by atoms with Gasteiger partial charge in [0.2, 0.25) is 0 Å². The molecule has 0 saturated carbocycles. The standard InChI is InChI=1S/C7H5F3O3S2/c8-7(9,10)5-3-1-2-4-6(5)15(11,12)13-14/h1-4,14H. The van der Waals surface area contributed by atoms with Crippen molar-refractivity contribution in [3.8, 4) is 0 Å². The van der Waals surface area contributed by atoms with Gasteiger partial charge in [-0.3, -0.25) is 0 Å². The van der Waals surface area contributed by atoms with E-state index in [1.54, 1.807) is 0 Å². The van der Waals surface area contributed by atoms with Crippen LogP contribution in [0.25, 0.3) is 0 Å². The third-order valence-corrected chi connectivity index (χ3v) is 3.24. The first-order valence-corrected chi connectivity index (χ1v) is 5.30. The minimum atomic E-state index is -4.75. The Hall–Kier alpha value is -0.730. The van der Waals surface area contributed by atoms with Gasteiger partial charge in [-0.15, -0.1) is 0 Å². The van der Waals surface area contributed by atoms with E-state index in [9.17, 15) is 21.6 Å². The molecule has 15 heavy (non-hydrogen) atoms. The zero-order valence-corrected chi connectivity index (χ0v) is 8.73. The fourth-order valence-electron chi connectivity index (χ4n) is 0.959. The van der Waals surface area contributed by atoms with Crippen LogP contribution in [0, 0.1) is 0 Å². The molecular formula is C7H5F3O3S2. The quantitative estimate of drug-likeness (QED) is 0.653. The molecule has 0 heterocycles. The molecule has 8 heteroatoms. The van der Waals surface area contributed by atoms with Crippen LogP contribution in [0.4, 0.5) is 13.2 Å². The molecule has 0 aliphatic heterocycles. The van der Waals surface area contributed by atoms with Gasteiger partial charge in [-0.1, -0.05) is 12.1 Å². The summed E-state index contributed by atoms with van der Waals surface area (Å²) < 4.78 is 63.0. The average Bonchev–Trinajstić information content (AvgIpc) is 2.16.